The topological polar surface area (TPSA) is 67.4 Å². The summed E-state index contributed by atoms with van der Waals surface area (Å²) in [7, 11) is 1.36. The van der Waals surface area contributed by atoms with Gasteiger partial charge in [0.2, 0.25) is 5.91 Å². The zero-order valence-corrected chi connectivity index (χ0v) is 14.4. The van der Waals surface area contributed by atoms with Gasteiger partial charge in [-0.25, -0.2) is 0 Å². The lowest BCUT2D eigenvalue weighted by Crippen LogP contribution is -2.35. The summed E-state index contributed by atoms with van der Waals surface area (Å²) in [5.41, 5.74) is 0.918. The fourth-order valence-electron chi connectivity index (χ4n) is 2.75. The Morgan fingerprint density at radius 2 is 2.13 bits per heavy atom. The first-order chi connectivity index (χ1) is 11.1. The lowest BCUT2D eigenvalue weighted by atomic mass is 10.0. The second-order valence-corrected chi connectivity index (χ2v) is 6.55. The molecule has 0 aromatic heterocycles. The summed E-state index contributed by atoms with van der Waals surface area (Å²) in [6.45, 7) is 0.972. The van der Waals surface area contributed by atoms with Crippen LogP contribution in [0, 0.1) is 0 Å². The van der Waals surface area contributed by atoms with E-state index in [0.29, 0.717) is 6.42 Å². The predicted molar refractivity (Wildman–Crippen MR) is 91.4 cm³/mol. The van der Waals surface area contributed by atoms with Gasteiger partial charge in [0.15, 0.2) is 0 Å². The highest BCUT2D eigenvalue weighted by Crippen LogP contribution is 2.22. The second-order valence-electron chi connectivity index (χ2n) is 5.67. The number of esters is 1. The molecule has 126 valence electrons. The smallest absolute Gasteiger partial charge is 0.307 e. The highest BCUT2D eigenvalue weighted by molar-refractivity contribution is 7.98. The molecule has 6 heteroatoms. The van der Waals surface area contributed by atoms with E-state index < -0.39 is 0 Å². The van der Waals surface area contributed by atoms with Crippen molar-refractivity contribution in [2.24, 2.45) is 0 Å². The molecule has 2 unspecified atom stereocenters. The van der Waals surface area contributed by atoms with Crippen LogP contribution in [0.15, 0.2) is 29.2 Å². The van der Waals surface area contributed by atoms with E-state index in [1.54, 1.807) is 11.8 Å². The van der Waals surface area contributed by atoms with Crippen LogP contribution in [0.1, 0.15) is 37.3 Å². The molecule has 23 heavy (non-hydrogen) atoms. The minimum atomic E-state index is -0.354. The van der Waals surface area contributed by atoms with Gasteiger partial charge in [0.25, 0.3) is 0 Å². The van der Waals surface area contributed by atoms with E-state index >= 15 is 0 Å². The third kappa shape index (κ3) is 5.55. The SMILES string of the molecule is COC(=O)CC(NC(=O)CC1CCCN1)c1ccc(SC)cc1. The average Bonchev–Trinajstić information content (AvgIpc) is 3.07. The molecule has 1 heterocycles. The summed E-state index contributed by atoms with van der Waals surface area (Å²) < 4.78 is 4.76. The number of ether oxygens (including phenoxy) is 1. The number of nitrogens with one attached hydrogen (secondary N) is 2. The molecular weight excluding hydrogens is 312 g/mol. The molecule has 0 radical (unpaired) electrons. The molecule has 0 spiro atoms. The standard InChI is InChI=1S/C17H24N2O3S/c1-22-17(21)11-15(12-5-7-14(23-2)8-6-12)19-16(20)10-13-4-3-9-18-13/h5-8,13,15,18H,3-4,9-11H2,1-2H3,(H,19,20). The van der Waals surface area contributed by atoms with Crippen LogP contribution >= 0.6 is 11.8 Å². The summed E-state index contributed by atoms with van der Waals surface area (Å²) >= 11 is 1.66. The van der Waals surface area contributed by atoms with Crippen molar-refractivity contribution in [2.45, 2.75) is 42.7 Å². The van der Waals surface area contributed by atoms with Crippen LogP contribution in [-0.4, -0.2) is 37.8 Å². The van der Waals surface area contributed by atoms with Crippen LogP contribution in [0.2, 0.25) is 0 Å². The number of thioether (sulfide) groups is 1. The van der Waals surface area contributed by atoms with Gasteiger partial charge in [-0.2, -0.15) is 0 Å². The summed E-state index contributed by atoms with van der Waals surface area (Å²) in [6, 6.07) is 7.78. The molecule has 1 aliphatic rings. The molecule has 1 aromatic carbocycles. The van der Waals surface area contributed by atoms with E-state index in [4.69, 9.17) is 4.74 Å². The molecule has 2 rings (SSSR count). The van der Waals surface area contributed by atoms with Crippen LogP contribution in [0.3, 0.4) is 0 Å². The zero-order chi connectivity index (χ0) is 16.7. The molecule has 1 fully saturated rings. The maximum absolute atomic E-state index is 12.3. The van der Waals surface area contributed by atoms with E-state index in [-0.39, 0.29) is 30.4 Å². The molecular formula is C17H24N2O3S. The van der Waals surface area contributed by atoms with Crippen LogP contribution in [0.25, 0.3) is 0 Å². The first-order valence-corrected chi connectivity index (χ1v) is 9.08. The van der Waals surface area contributed by atoms with Crippen molar-refractivity contribution in [1.29, 1.82) is 0 Å². The van der Waals surface area contributed by atoms with Crippen molar-refractivity contribution in [3.05, 3.63) is 29.8 Å². The highest BCUT2D eigenvalue weighted by Gasteiger charge is 2.22. The Labute approximate surface area is 141 Å². The van der Waals surface area contributed by atoms with Gasteiger partial charge < -0.3 is 15.4 Å². The molecule has 1 aliphatic heterocycles. The second kappa shape index (κ2) is 8.93. The maximum Gasteiger partial charge on any atom is 0.307 e. The fraction of sp³-hybridized carbons (Fsp3) is 0.529. The van der Waals surface area contributed by atoms with Crippen molar-refractivity contribution in [3.63, 3.8) is 0 Å². The summed E-state index contributed by atoms with van der Waals surface area (Å²) in [5, 5.41) is 6.29. The summed E-state index contributed by atoms with van der Waals surface area (Å²) in [4.78, 5) is 25.1. The van der Waals surface area contributed by atoms with Crippen molar-refractivity contribution < 1.29 is 14.3 Å². The Kier molecular flexibility index (Phi) is 6.92. The lowest BCUT2D eigenvalue weighted by molar-refractivity contribution is -0.141. The minimum Gasteiger partial charge on any atom is -0.469 e. The van der Waals surface area contributed by atoms with Gasteiger partial charge in [0, 0.05) is 17.4 Å². The number of carbonyl (C=O) groups excluding carboxylic acids is 2. The molecule has 1 saturated heterocycles. The fourth-order valence-corrected chi connectivity index (χ4v) is 3.15. The van der Waals surface area contributed by atoms with Crippen LogP contribution in [0.5, 0.6) is 0 Å². The van der Waals surface area contributed by atoms with Gasteiger partial charge in [-0.3, -0.25) is 9.59 Å². The molecule has 0 saturated carbocycles. The van der Waals surface area contributed by atoms with Gasteiger partial charge >= 0.3 is 5.97 Å². The number of amides is 1. The van der Waals surface area contributed by atoms with E-state index in [1.807, 2.05) is 30.5 Å². The number of hydrogen-bond acceptors (Lipinski definition) is 5. The zero-order valence-electron chi connectivity index (χ0n) is 13.6. The van der Waals surface area contributed by atoms with Crippen LogP contribution in [-0.2, 0) is 14.3 Å². The van der Waals surface area contributed by atoms with Gasteiger partial charge in [0.1, 0.15) is 0 Å². The molecule has 5 nitrogen and oxygen atoms in total. The predicted octanol–water partition coefficient (Wildman–Crippen LogP) is 2.27. The first kappa shape index (κ1) is 17.8. The molecule has 1 amide bonds. The maximum atomic E-state index is 12.3. The summed E-state index contributed by atoms with van der Waals surface area (Å²) in [5.74, 6) is -0.365. The monoisotopic (exact) mass is 336 g/mol. The van der Waals surface area contributed by atoms with E-state index in [9.17, 15) is 9.59 Å². The van der Waals surface area contributed by atoms with E-state index in [1.165, 1.54) is 7.11 Å². The summed E-state index contributed by atoms with van der Waals surface area (Å²) in [6.07, 6.45) is 4.73. The Bertz CT molecular complexity index is 527. The highest BCUT2D eigenvalue weighted by atomic mass is 32.2. The van der Waals surface area contributed by atoms with Gasteiger partial charge in [-0.1, -0.05) is 12.1 Å². The average molecular weight is 336 g/mol. The van der Waals surface area contributed by atoms with Gasteiger partial charge in [0.05, 0.1) is 19.6 Å². The van der Waals surface area contributed by atoms with E-state index in [0.717, 1.165) is 29.8 Å². The minimum absolute atomic E-state index is 0.0350. The lowest BCUT2D eigenvalue weighted by Gasteiger charge is -2.20. The van der Waals surface area contributed by atoms with Crippen molar-refractivity contribution in [2.75, 3.05) is 19.9 Å². The van der Waals surface area contributed by atoms with Crippen molar-refractivity contribution in [3.8, 4) is 0 Å². The van der Waals surface area contributed by atoms with Crippen molar-refractivity contribution >= 4 is 23.6 Å². The molecule has 2 atom stereocenters. The molecule has 1 aromatic rings. The van der Waals surface area contributed by atoms with Crippen LogP contribution in [0.4, 0.5) is 0 Å². The van der Waals surface area contributed by atoms with Gasteiger partial charge in [-0.15, -0.1) is 11.8 Å². The third-order valence-electron chi connectivity index (χ3n) is 4.05. The number of methoxy groups -OCH3 is 1. The third-order valence-corrected chi connectivity index (χ3v) is 4.79. The van der Waals surface area contributed by atoms with Gasteiger partial charge in [-0.05, 0) is 43.3 Å². The Hall–Kier alpha value is -1.53. The number of hydrogen-bond donors (Lipinski definition) is 2. The normalized spacial score (nSPS) is 18.4. The first-order valence-electron chi connectivity index (χ1n) is 7.86. The molecule has 0 aliphatic carbocycles. The number of carbonyl (C=O) groups is 2. The molecule has 2 N–H and O–H groups in total. The van der Waals surface area contributed by atoms with Crippen molar-refractivity contribution in [1.82, 2.24) is 10.6 Å². The molecule has 0 bridgehead atoms. The van der Waals surface area contributed by atoms with E-state index in [2.05, 4.69) is 10.6 Å². The number of benzene rings is 1. The largest absolute Gasteiger partial charge is 0.469 e. The van der Waals surface area contributed by atoms with Crippen LogP contribution < -0.4 is 10.6 Å². The quantitative estimate of drug-likeness (QED) is 0.591. The Balaban J connectivity index is 2.02. The number of rotatable bonds is 7. The Morgan fingerprint density at radius 3 is 2.70 bits per heavy atom. The Morgan fingerprint density at radius 1 is 1.39 bits per heavy atom.